The zero-order valence-corrected chi connectivity index (χ0v) is 13.5. The molecule has 0 unspecified atom stereocenters. The van der Waals surface area contributed by atoms with Crippen molar-refractivity contribution in [3.63, 3.8) is 0 Å². The van der Waals surface area contributed by atoms with Crippen LogP contribution in [0.3, 0.4) is 0 Å². The van der Waals surface area contributed by atoms with Gasteiger partial charge >= 0.3 is 9.08 Å². The van der Waals surface area contributed by atoms with E-state index in [4.69, 9.17) is 9.47 Å². The Kier molecular flexibility index (Phi) is 7.12. The fourth-order valence-corrected chi connectivity index (χ4v) is 3.03. The minimum atomic E-state index is -5.80. The first kappa shape index (κ1) is 18.4. The maximum atomic E-state index is 12.9. The fraction of sp³-hybridized carbons (Fsp3) is 0.714. The predicted octanol–water partition coefficient (Wildman–Crippen LogP) is 3.91. The van der Waals surface area contributed by atoms with Crippen LogP contribution < -0.4 is 0 Å². The van der Waals surface area contributed by atoms with Crippen molar-refractivity contribution in [3.05, 3.63) is 22.9 Å². The molecule has 0 radical (unpaired) electrons. The van der Waals surface area contributed by atoms with E-state index in [1.54, 1.807) is 0 Å². The van der Waals surface area contributed by atoms with E-state index in [2.05, 4.69) is 0 Å². The molecule has 0 heterocycles. The van der Waals surface area contributed by atoms with E-state index in [0.29, 0.717) is 38.0 Å². The molecular formula is C14H23F3O3Si. The molecule has 3 nitrogen and oxygen atoms in total. The number of rotatable bonds is 10. The number of ether oxygens (including phenoxy) is 2. The molecule has 1 aliphatic rings. The minimum absolute atomic E-state index is 0.0119. The normalized spacial score (nSPS) is 16.1. The Balaban J connectivity index is 2.68. The molecule has 0 spiro atoms. The van der Waals surface area contributed by atoms with Gasteiger partial charge in [0.1, 0.15) is 0 Å². The second kappa shape index (κ2) is 8.12. The van der Waals surface area contributed by atoms with Crippen molar-refractivity contribution in [3.8, 4) is 0 Å². The van der Waals surface area contributed by atoms with Gasteiger partial charge in [-0.3, -0.25) is 0 Å². The Bertz CT molecular complexity index is 383. The fourth-order valence-electron chi connectivity index (χ4n) is 2.10. The molecule has 0 saturated carbocycles. The number of halogens is 3. The van der Waals surface area contributed by atoms with E-state index in [1.807, 2.05) is 13.8 Å². The Labute approximate surface area is 125 Å². The standard InChI is InChI=1S/C14H23F3O3Si/c1-3-10-19-14(18,20-11-4-2)9-8-12-6-5-7-13(12)21(15,16)17/h5,7,18H,3-4,6,8-11H2,1-2H3. The molecule has 0 aromatic heterocycles. The second-order valence-corrected chi connectivity index (χ2v) is 6.57. The summed E-state index contributed by atoms with van der Waals surface area (Å²) < 4.78 is 49.4. The van der Waals surface area contributed by atoms with E-state index in [1.165, 1.54) is 6.08 Å². The third-order valence-corrected chi connectivity index (χ3v) is 4.27. The van der Waals surface area contributed by atoms with Crippen molar-refractivity contribution in [1.82, 2.24) is 0 Å². The van der Waals surface area contributed by atoms with E-state index in [-0.39, 0.29) is 12.8 Å². The second-order valence-electron chi connectivity index (χ2n) is 5.03. The van der Waals surface area contributed by atoms with E-state index in [9.17, 15) is 17.4 Å². The van der Waals surface area contributed by atoms with Crippen molar-refractivity contribution in [2.45, 2.75) is 51.9 Å². The van der Waals surface area contributed by atoms with Crippen molar-refractivity contribution < 1.29 is 26.9 Å². The van der Waals surface area contributed by atoms with Gasteiger partial charge in [-0.15, -0.1) is 0 Å². The van der Waals surface area contributed by atoms with Gasteiger partial charge in [-0.05, 0) is 25.7 Å². The van der Waals surface area contributed by atoms with Crippen molar-refractivity contribution in [2.24, 2.45) is 0 Å². The van der Waals surface area contributed by atoms with Crippen molar-refractivity contribution in [2.75, 3.05) is 13.2 Å². The first-order valence-corrected chi connectivity index (χ1v) is 8.92. The summed E-state index contributed by atoms with van der Waals surface area (Å²) in [4.78, 5) is 0. The van der Waals surface area contributed by atoms with Gasteiger partial charge in [-0.2, -0.15) is 0 Å². The third kappa shape index (κ3) is 5.94. The SMILES string of the molecule is CCCOC(O)(CCC1=C([Si](F)(F)F)C=CC1)OCCC. The molecule has 0 aromatic carbocycles. The highest BCUT2D eigenvalue weighted by molar-refractivity contribution is 6.68. The van der Waals surface area contributed by atoms with Crippen LogP contribution >= 0.6 is 0 Å². The summed E-state index contributed by atoms with van der Waals surface area (Å²) in [6, 6.07) is 0. The van der Waals surface area contributed by atoms with Gasteiger partial charge in [0.2, 0.25) is 0 Å². The van der Waals surface area contributed by atoms with E-state index < -0.39 is 20.2 Å². The summed E-state index contributed by atoms with van der Waals surface area (Å²) in [7, 11) is -5.80. The van der Waals surface area contributed by atoms with Crippen molar-refractivity contribution >= 4 is 9.08 Å². The number of hydrogen-bond donors (Lipinski definition) is 1. The number of hydrogen-bond acceptors (Lipinski definition) is 3. The van der Waals surface area contributed by atoms with Gasteiger partial charge in [-0.1, -0.05) is 31.6 Å². The lowest BCUT2D eigenvalue weighted by molar-refractivity contribution is -0.362. The smallest absolute Gasteiger partial charge is 0.343 e. The summed E-state index contributed by atoms with van der Waals surface area (Å²) >= 11 is 0. The molecule has 7 heteroatoms. The first-order valence-electron chi connectivity index (χ1n) is 7.28. The number of allylic oxidation sites excluding steroid dienone is 4. The zero-order chi connectivity index (χ0) is 15.9. The third-order valence-electron chi connectivity index (χ3n) is 3.14. The van der Waals surface area contributed by atoms with Crippen LogP contribution in [-0.2, 0) is 9.47 Å². The average Bonchev–Trinajstić information content (AvgIpc) is 2.89. The van der Waals surface area contributed by atoms with Gasteiger partial charge in [0.15, 0.2) is 0 Å². The Hall–Kier alpha value is -0.633. The van der Waals surface area contributed by atoms with Gasteiger partial charge in [0.25, 0.3) is 5.97 Å². The van der Waals surface area contributed by atoms with Crippen LogP contribution in [0.1, 0.15) is 46.0 Å². The van der Waals surface area contributed by atoms with Crippen LogP contribution in [-0.4, -0.2) is 33.4 Å². The Morgan fingerprint density at radius 3 is 2.24 bits per heavy atom. The van der Waals surface area contributed by atoms with E-state index in [0.717, 1.165) is 6.08 Å². The molecule has 0 fully saturated rings. The lowest BCUT2D eigenvalue weighted by Gasteiger charge is -2.28. The summed E-state index contributed by atoms with van der Waals surface area (Å²) in [5.74, 6) is -1.79. The summed E-state index contributed by atoms with van der Waals surface area (Å²) in [6.45, 7) is 4.38. The zero-order valence-electron chi connectivity index (χ0n) is 12.5. The molecule has 21 heavy (non-hydrogen) atoms. The topological polar surface area (TPSA) is 38.7 Å². The molecule has 0 saturated heterocycles. The van der Waals surface area contributed by atoms with Crippen LogP contribution in [0.15, 0.2) is 22.9 Å². The molecule has 0 aromatic rings. The van der Waals surface area contributed by atoms with Crippen LogP contribution in [0, 0.1) is 0 Å². The highest BCUT2D eigenvalue weighted by Gasteiger charge is 2.44. The molecule has 0 aliphatic heterocycles. The summed E-state index contributed by atoms with van der Waals surface area (Å²) in [5.41, 5.74) is 0.327. The highest BCUT2D eigenvalue weighted by Crippen LogP contribution is 2.34. The summed E-state index contributed by atoms with van der Waals surface area (Å²) in [6.07, 6.45) is 4.49. The van der Waals surface area contributed by atoms with Gasteiger partial charge in [-0.25, -0.2) is 12.3 Å². The lowest BCUT2D eigenvalue weighted by Crippen LogP contribution is -2.36. The summed E-state index contributed by atoms with van der Waals surface area (Å²) in [5, 5.41) is 9.79. The maximum absolute atomic E-state index is 12.9. The predicted molar refractivity (Wildman–Crippen MR) is 76.5 cm³/mol. The average molecular weight is 324 g/mol. The number of aliphatic hydroxyl groups is 1. The molecule has 122 valence electrons. The first-order chi connectivity index (χ1) is 9.82. The Morgan fingerprint density at radius 1 is 1.19 bits per heavy atom. The van der Waals surface area contributed by atoms with Crippen LogP contribution in [0.25, 0.3) is 0 Å². The molecule has 0 amide bonds. The maximum Gasteiger partial charge on any atom is 0.653 e. The quantitative estimate of drug-likeness (QED) is 0.376. The molecule has 1 aliphatic carbocycles. The van der Waals surface area contributed by atoms with E-state index >= 15 is 0 Å². The van der Waals surface area contributed by atoms with Crippen molar-refractivity contribution in [1.29, 1.82) is 0 Å². The van der Waals surface area contributed by atoms with Crippen LogP contribution in [0.5, 0.6) is 0 Å². The highest BCUT2D eigenvalue weighted by atomic mass is 28.5. The Morgan fingerprint density at radius 2 is 1.76 bits per heavy atom. The largest absolute Gasteiger partial charge is 0.653 e. The lowest BCUT2D eigenvalue weighted by atomic mass is 10.1. The van der Waals surface area contributed by atoms with Gasteiger partial charge in [0, 0.05) is 11.6 Å². The monoisotopic (exact) mass is 324 g/mol. The van der Waals surface area contributed by atoms with Crippen LogP contribution in [0.2, 0.25) is 0 Å². The molecule has 1 N–H and O–H groups in total. The molecular weight excluding hydrogens is 301 g/mol. The minimum Gasteiger partial charge on any atom is -0.343 e. The van der Waals surface area contributed by atoms with Crippen LogP contribution in [0.4, 0.5) is 12.3 Å². The molecule has 0 atom stereocenters. The molecule has 1 rings (SSSR count). The van der Waals surface area contributed by atoms with Gasteiger partial charge in [0.05, 0.1) is 13.2 Å². The molecule has 0 bridgehead atoms. The van der Waals surface area contributed by atoms with Gasteiger partial charge < -0.3 is 14.6 Å².